The van der Waals surface area contributed by atoms with Crippen molar-refractivity contribution in [2.45, 2.75) is 32.9 Å². The molecule has 164 valence electrons. The molecule has 5 rings (SSSR count). The third kappa shape index (κ3) is 4.44. The van der Waals surface area contributed by atoms with E-state index in [0.717, 1.165) is 68.5 Å². The maximum Gasteiger partial charge on any atom is 0.133 e. The van der Waals surface area contributed by atoms with Crippen LogP contribution in [-0.2, 0) is 17.7 Å². The van der Waals surface area contributed by atoms with E-state index in [1.807, 2.05) is 6.92 Å². The SMILES string of the molecule is Cc1ccc2cc(CN3C[C@@H](Cc4cc(C)[nH]n4)[C@H](O)C3)c(N3CCOCC3)nc2c1. The van der Waals surface area contributed by atoms with Gasteiger partial charge in [-0.3, -0.25) is 10.00 Å². The van der Waals surface area contributed by atoms with Crippen molar-refractivity contribution in [2.75, 3.05) is 44.3 Å². The van der Waals surface area contributed by atoms with E-state index >= 15 is 0 Å². The number of anilines is 1. The van der Waals surface area contributed by atoms with E-state index in [2.05, 4.69) is 57.3 Å². The van der Waals surface area contributed by atoms with Crippen molar-refractivity contribution in [1.82, 2.24) is 20.1 Å². The normalized spacial score (nSPS) is 22.5. The number of aryl methyl sites for hydroxylation is 2. The maximum absolute atomic E-state index is 10.7. The minimum Gasteiger partial charge on any atom is -0.391 e. The van der Waals surface area contributed by atoms with E-state index in [0.29, 0.717) is 6.54 Å². The molecule has 2 saturated heterocycles. The summed E-state index contributed by atoms with van der Waals surface area (Å²) >= 11 is 0. The molecule has 31 heavy (non-hydrogen) atoms. The Kier molecular flexibility index (Phi) is 5.65. The predicted molar refractivity (Wildman–Crippen MR) is 121 cm³/mol. The quantitative estimate of drug-likeness (QED) is 0.659. The van der Waals surface area contributed by atoms with Crippen LogP contribution in [0.3, 0.4) is 0 Å². The van der Waals surface area contributed by atoms with Gasteiger partial charge in [0.1, 0.15) is 5.82 Å². The number of hydrogen-bond acceptors (Lipinski definition) is 6. The molecule has 2 aliphatic heterocycles. The number of aromatic nitrogens is 3. The van der Waals surface area contributed by atoms with Gasteiger partial charge in [0.05, 0.1) is 30.5 Å². The van der Waals surface area contributed by atoms with Crippen LogP contribution in [0.2, 0.25) is 0 Å². The van der Waals surface area contributed by atoms with Gasteiger partial charge in [0.25, 0.3) is 0 Å². The summed E-state index contributed by atoms with van der Waals surface area (Å²) in [7, 11) is 0. The lowest BCUT2D eigenvalue weighted by Crippen LogP contribution is -2.38. The first-order valence-electron chi connectivity index (χ1n) is 11.2. The number of aliphatic hydroxyl groups is 1. The summed E-state index contributed by atoms with van der Waals surface area (Å²) in [5, 5.41) is 19.2. The molecule has 0 amide bonds. The van der Waals surface area contributed by atoms with Gasteiger partial charge in [0.15, 0.2) is 0 Å². The number of nitrogens with zero attached hydrogens (tertiary/aromatic N) is 4. The number of aliphatic hydroxyl groups excluding tert-OH is 1. The number of β-amino-alcohol motifs (C(OH)–C–C–N with tert-alkyl or cyclic N) is 1. The van der Waals surface area contributed by atoms with Crippen LogP contribution in [0, 0.1) is 19.8 Å². The Labute approximate surface area is 183 Å². The summed E-state index contributed by atoms with van der Waals surface area (Å²) < 4.78 is 5.57. The van der Waals surface area contributed by atoms with Crippen molar-refractivity contribution in [3.63, 3.8) is 0 Å². The van der Waals surface area contributed by atoms with Crippen molar-refractivity contribution in [2.24, 2.45) is 5.92 Å². The van der Waals surface area contributed by atoms with Gasteiger partial charge in [0.2, 0.25) is 0 Å². The number of aromatic amines is 1. The molecule has 2 N–H and O–H groups in total. The number of benzene rings is 1. The summed E-state index contributed by atoms with van der Waals surface area (Å²) in [6, 6.07) is 10.8. The highest BCUT2D eigenvalue weighted by atomic mass is 16.5. The van der Waals surface area contributed by atoms with Crippen LogP contribution in [0.25, 0.3) is 10.9 Å². The smallest absolute Gasteiger partial charge is 0.133 e. The molecule has 2 aliphatic rings. The van der Waals surface area contributed by atoms with Gasteiger partial charge in [-0.25, -0.2) is 4.98 Å². The molecular formula is C24H31N5O2. The van der Waals surface area contributed by atoms with Gasteiger partial charge < -0.3 is 14.7 Å². The Morgan fingerprint density at radius 2 is 1.97 bits per heavy atom. The standard InChI is InChI=1S/C24H31N5O2/c1-16-3-4-18-11-20(24(25-22(18)9-16)29-5-7-31-8-6-29)14-28-13-19(23(30)15-28)12-21-10-17(2)26-27-21/h3-4,9-11,19,23,30H,5-8,12-15H2,1-2H3,(H,26,27)/t19-,23-/m1/s1. The molecule has 3 aromatic rings. The zero-order valence-electron chi connectivity index (χ0n) is 18.3. The van der Waals surface area contributed by atoms with Crippen LogP contribution in [0.15, 0.2) is 30.3 Å². The third-order valence-corrected chi connectivity index (χ3v) is 6.45. The topological polar surface area (TPSA) is 77.5 Å². The van der Waals surface area contributed by atoms with Crippen LogP contribution >= 0.6 is 0 Å². The second kappa shape index (κ2) is 8.57. The number of fused-ring (bicyclic) bond motifs is 1. The van der Waals surface area contributed by atoms with Crippen molar-refractivity contribution in [1.29, 1.82) is 0 Å². The molecule has 1 aromatic carbocycles. The summed E-state index contributed by atoms with van der Waals surface area (Å²) in [4.78, 5) is 9.78. The number of morpholine rings is 1. The Morgan fingerprint density at radius 1 is 1.13 bits per heavy atom. The van der Waals surface area contributed by atoms with E-state index < -0.39 is 0 Å². The average Bonchev–Trinajstić information content (AvgIpc) is 3.33. The first-order chi connectivity index (χ1) is 15.0. The zero-order chi connectivity index (χ0) is 21.4. The molecule has 0 spiro atoms. The Morgan fingerprint density at radius 3 is 2.74 bits per heavy atom. The fourth-order valence-corrected chi connectivity index (χ4v) is 4.84. The second-order valence-corrected chi connectivity index (χ2v) is 9.03. The molecule has 2 fully saturated rings. The van der Waals surface area contributed by atoms with Crippen LogP contribution in [0.5, 0.6) is 0 Å². The van der Waals surface area contributed by atoms with Crippen molar-refractivity contribution >= 4 is 16.7 Å². The second-order valence-electron chi connectivity index (χ2n) is 9.03. The van der Waals surface area contributed by atoms with Crippen molar-refractivity contribution < 1.29 is 9.84 Å². The van der Waals surface area contributed by atoms with Gasteiger partial charge in [-0.2, -0.15) is 5.10 Å². The first-order valence-corrected chi connectivity index (χ1v) is 11.2. The average molecular weight is 422 g/mol. The van der Waals surface area contributed by atoms with Crippen LogP contribution in [-0.4, -0.2) is 70.7 Å². The van der Waals surface area contributed by atoms with Gasteiger partial charge in [-0.15, -0.1) is 0 Å². The lowest BCUT2D eigenvalue weighted by Gasteiger charge is -2.30. The minimum absolute atomic E-state index is 0.200. The van der Waals surface area contributed by atoms with E-state index in [1.54, 1.807) is 0 Å². The van der Waals surface area contributed by atoms with E-state index in [9.17, 15) is 5.11 Å². The number of hydrogen-bond donors (Lipinski definition) is 2. The molecule has 2 aromatic heterocycles. The summed E-state index contributed by atoms with van der Waals surface area (Å²) in [5.41, 5.74) is 5.58. The summed E-state index contributed by atoms with van der Waals surface area (Å²) in [6.45, 7) is 9.65. The Balaban J connectivity index is 1.39. The van der Waals surface area contributed by atoms with Gasteiger partial charge in [-0.05, 0) is 44.0 Å². The van der Waals surface area contributed by atoms with Gasteiger partial charge in [-0.1, -0.05) is 12.1 Å². The van der Waals surface area contributed by atoms with E-state index in [1.165, 1.54) is 16.5 Å². The maximum atomic E-state index is 10.7. The van der Waals surface area contributed by atoms with Crippen LogP contribution in [0.4, 0.5) is 5.82 Å². The first kappa shape index (κ1) is 20.4. The fraction of sp³-hybridized carbons (Fsp3) is 0.500. The number of likely N-dealkylation sites (tertiary alicyclic amines) is 1. The monoisotopic (exact) mass is 421 g/mol. The predicted octanol–water partition coefficient (Wildman–Crippen LogP) is 2.45. The number of nitrogens with one attached hydrogen (secondary N) is 1. The highest BCUT2D eigenvalue weighted by molar-refractivity contribution is 5.82. The van der Waals surface area contributed by atoms with Crippen LogP contribution < -0.4 is 4.90 Å². The van der Waals surface area contributed by atoms with Crippen molar-refractivity contribution in [3.05, 3.63) is 52.8 Å². The molecule has 0 aliphatic carbocycles. The molecule has 0 unspecified atom stereocenters. The molecule has 0 radical (unpaired) electrons. The molecule has 2 atom stereocenters. The largest absolute Gasteiger partial charge is 0.391 e. The van der Waals surface area contributed by atoms with E-state index in [-0.39, 0.29) is 12.0 Å². The lowest BCUT2D eigenvalue weighted by atomic mass is 10.0. The number of H-pyrrole nitrogens is 1. The molecule has 7 nitrogen and oxygen atoms in total. The number of ether oxygens (including phenoxy) is 1. The van der Waals surface area contributed by atoms with Gasteiger partial charge >= 0.3 is 0 Å². The third-order valence-electron chi connectivity index (χ3n) is 6.45. The fourth-order valence-electron chi connectivity index (χ4n) is 4.84. The summed E-state index contributed by atoms with van der Waals surface area (Å²) in [6.07, 6.45) is 0.466. The molecule has 7 heteroatoms. The van der Waals surface area contributed by atoms with E-state index in [4.69, 9.17) is 9.72 Å². The molecule has 0 saturated carbocycles. The molecule has 4 heterocycles. The lowest BCUT2D eigenvalue weighted by molar-refractivity contribution is 0.122. The van der Waals surface area contributed by atoms with Crippen LogP contribution in [0.1, 0.15) is 22.5 Å². The Bertz CT molecular complexity index is 1060. The molecular weight excluding hydrogens is 390 g/mol. The highest BCUT2D eigenvalue weighted by Crippen LogP contribution is 2.29. The summed E-state index contributed by atoms with van der Waals surface area (Å²) in [5.74, 6) is 1.26. The number of pyridine rings is 1. The Hall–Kier alpha value is -2.48. The zero-order valence-corrected chi connectivity index (χ0v) is 18.3. The number of rotatable bonds is 5. The highest BCUT2D eigenvalue weighted by Gasteiger charge is 2.32. The van der Waals surface area contributed by atoms with Crippen molar-refractivity contribution in [3.8, 4) is 0 Å². The van der Waals surface area contributed by atoms with Gasteiger partial charge in [0, 0.05) is 55.3 Å². The minimum atomic E-state index is -0.333. The molecule has 0 bridgehead atoms.